The monoisotopic (exact) mass is 202 g/mol. The van der Waals surface area contributed by atoms with Crippen molar-refractivity contribution in [1.29, 1.82) is 0 Å². The lowest BCUT2D eigenvalue weighted by atomic mass is 9.83. The van der Waals surface area contributed by atoms with Gasteiger partial charge in [-0.1, -0.05) is 50.1 Å². The molecule has 1 aliphatic rings. The molecule has 0 bridgehead atoms. The largest absolute Gasteiger partial charge is 0.0622 e. The minimum atomic E-state index is 0.675. The van der Waals surface area contributed by atoms with Crippen LogP contribution >= 0.6 is 0 Å². The standard InChI is InChI=1S/C15H22/c1-15(11-5-6-12-15)13-7-10-14-8-3-2-4-9-14/h2-4,8-9H,5-7,10-13H2,1H3. The van der Waals surface area contributed by atoms with E-state index in [1.54, 1.807) is 0 Å². The van der Waals surface area contributed by atoms with Crippen LogP contribution in [0.2, 0.25) is 0 Å². The predicted octanol–water partition coefficient (Wildman–Crippen LogP) is 4.59. The molecule has 0 spiro atoms. The average molecular weight is 202 g/mol. The van der Waals surface area contributed by atoms with E-state index < -0.39 is 0 Å². The normalized spacial score (nSPS) is 19.3. The third-order valence-electron chi connectivity index (χ3n) is 3.90. The Morgan fingerprint density at radius 2 is 1.73 bits per heavy atom. The molecule has 1 aliphatic carbocycles. The van der Waals surface area contributed by atoms with E-state index in [9.17, 15) is 0 Å². The van der Waals surface area contributed by atoms with E-state index in [1.807, 2.05) is 0 Å². The molecular formula is C15H22. The van der Waals surface area contributed by atoms with Gasteiger partial charge in [-0.05, 0) is 43.1 Å². The summed E-state index contributed by atoms with van der Waals surface area (Å²) in [4.78, 5) is 0. The molecule has 0 atom stereocenters. The van der Waals surface area contributed by atoms with Crippen LogP contribution in [0.4, 0.5) is 0 Å². The smallest absolute Gasteiger partial charge is 0.0279 e. The van der Waals surface area contributed by atoms with Gasteiger partial charge >= 0.3 is 0 Å². The van der Waals surface area contributed by atoms with E-state index >= 15 is 0 Å². The number of hydrogen-bond acceptors (Lipinski definition) is 0. The zero-order chi connectivity index (χ0) is 10.6. The second kappa shape index (κ2) is 4.83. The van der Waals surface area contributed by atoms with Gasteiger partial charge in [-0.3, -0.25) is 0 Å². The zero-order valence-electron chi connectivity index (χ0n) is 9.84. The molecule has 0 nitrogen and oxygen atoms in total. The van der Waals surface area contributed by atoms with Gasteiger partial charge in [0.05, 0.1) is 0 Å². The molecule has 0 aromatic heterocycles. The Balaban J connectivity index is 1.75. The first-order valence-corrected chi connectivity index (χ1v) is 6.32. The van der Waals surface area contributed by atoms with Gasteiger partial charge in [0, 0.05) is 0 Å². The van der Waals surface area contributed by atoms with Crippen molar-refractivity contribution in [2.45, 2.75) is 51.9 Å². The second-order valence-corrected chi connectivity index (χ2v) is 5.36. The summed E-state index contributed by atoms with van der Waals surface area (Å²) in [6, 6.07) is 10.9. The summed E-state index contributed by atoms with van der Waals surface area (Å²) in [6.45, 7) is 2.48. The van der Waals surface area contributed by atoms with Gasteiger partial charge in [0.2, 0.25) is 0 Å². The topological polar surface area (TPSA) is 0 Å². The molecule has 0 radical (unpaired) electrons. The van der Waals surface area contributed by atoms with Crippen LogP contribution in [0.3, 0.4) is 0 Å². The highest BCUT2D eigenvalue weighted by Crippen LogP contribution is 2.41. The molecule has 0 heteroatoms. The lowest BCUT2D eigenvalue weighted by molar-refractivity contribution is 0.300. The molecule has 2 rings (SSSR count). The predicted molar refractivity (Wildman–Crippen MR) is 66.0 cm³/mol. The molecule has 0 amide bonds. The summed E-state index contributed by atoms with van der Waals surface area (Å²) in [5.74, 6) is 0. The van der Waals surface area contributed by atoms with Crippen LogP contribution in [0.15, 0.2) is 30.3 Å². The molecule has 0 N–H and O–H groups in total. The fourth-order valence-corrected chi connectivity index (χ4v) is 2.84. The Morgan fingerprint density at radius 3 is 2.40 bits per heavy atom. The third-order valence-corrected chi connectivity index (χ3v) is 3.90. The fraction of sp³-hybridized carbons (Fsp3) is 0.600. The Kier molecular flexibility index (Phi) is 3.45. The quantitative estimate of drug-likeness (QED) is 0.670. The van der Waals surface area contributed by atoms with E-state index in [-0.39, 0.29) is 0 Å². The molecule has 1 aromatic carbocycles. The third kappa shape index (κ3) is 3.09. The van der Waals surface area contributed by atoms with Crippen LogP contribution in [0.5, 0.6) is 0 Å². The highest BCUT2D eigenvalue weighted by atomic mass is 14.3. The van der Waals surface area contributed by atoms with Gasteiger partial charge in [-0.25, -0.2) is 0 Å². The van der Waals surface area contributed by atoms with E-state index in [0.717, 1.165) is 0 Å². The van der Waals surface area contributed by atoms with Gasteiger partial charge in [-0.15, -0.1) is 0 Å². The number of rotatable bonds is 4. The van der Waals surface area contributed by atoms with E-state index in [2.05, 4.69) is 37.3 Å². The Hall–Kier alpha value is -0.780. The molecule has 0 aliphatic heterocycles. The molecule has 82 valence electrons. The number of hydrogen-bond donors (Lipinski definition) is 0. The average Bonchev–Trinajstić information content (AvgIpc) is 2.67. The maximum Gasteiger partial charge on any atom is -0.0279 e. The Morgan fingerprint density at radius 1 is 1.07 bits per heavy atom. The maximum absolute atomic E-state index is 2.48. The van der Waals surface area contributed by atoms with Gasteiger partial charge in [0.15, 0.2) is 0 Å². The van der Waals surface area contributed by atoms with Crippen molar-refractivity contribution >= 4 is 0 Å². The fourth-order valence-electron chi connectivity index (χ4n) is 2.84. The van der Waals surface area contributed by atoms with Crippen LogP contribution < -0.4 is 0 Å². The highest BCUT2D eigenvalue weighted by molar-refractivity contribution is 5.14. The zero-order valence-corrected chi connectivity index (χ0v) is 9.84. The Labute approximate surface area is 93.7 Å². The second-order valence-electron chi connectivity index (χ2n) is 5.36. The molecule has 15 heavy (non-hydrogen) atoms. The molecular weight excluding hydrogens is 180 g/mol. The van der Waals surface area contributed by atoms with Gasteiger partial charge in [-0.2, -0.15) is 0 Å². The van der Waals surface area contributed by atoms with Crippen molar-refractivity contribution in [3.63, 3.8) is 0 Å². The number of benzene rings is 1. The Bertz CT molecular complexity index is 280. The van der Waals surface area contributed by atoms with Crippen LogP contribution in [0, 0.1) is 5.41 Å². The van der Waals surface area contributed by atoms with Crippen molar-refractivity contribution < 1.29 is 0 Å². The van der Waals surface area contributed by atoms with E-state index in [0.29, 0.717) is 5.41 Å². The van der Waals surface area contributed by atoms with Crippen molar-refractivity contribution in [3.8, 4) is 0 Å². The lowest BCUT2D eigenvalue weighted by Gasteiger charge is -2.23. The number of aryl methyl sites for hydroxylation is 1. The van der Waals surface area contributed by atoms with Crippen molar-refractivity contribution in [2.75, 3.05) is 0 Å². The summed E-state index contributed by atoms with van der Waals surface area (Å²) >= 11 is 0. The summed E-state index contributed by atoms with van der Waals surface area (Å²) < 4.78 is 0. The summed E-state index contributed by atoms with van der Waals surface area (Å²) in [6.07, 6.45) is 9.88. The van der Waals surface area contributed by atoms with Gasteiger partial charge in [0.25, 0.3) is 0 Å². The van der Waals surface area contributed by atoms with E-state index in [4.69, 9.17) is 0 Å². The van der Waals surface area contributed by atoms with Crippen LogP contribution in [-0.4, -0.2) is 0 Å². The van der Waals surface area contributed by atoms with Gasteiger partial charge < -0.3 is 0 Å². The molecule has 0 saturated heterocycles. The van der Waals surface area contributed by atoms with Crippen LogP contribution in [0.1, 0.15) is 51.0 Å². The van der Waals surface area contributed by atoms with Crippen molar-refractivity contribution in [2.24, 2.45) is 5.41 Å². The van der Waals surface area contributed by atoms with Gasteiger partial charge in [0.1, 0.15) is 0 Å². The molecule has 1 saturated carbocycles. The lowest BCUT2D eigenvalue weighted by Crippen LogP contribution is -2.10. The molecule has 1 aromatic rings. The molecule has 0 unspecified atom stereocenters. The minimum absolute atomic E-state index is 0.675. The van der Waals surface area contributed by atoms with Crippen LogP contribution in [0.25, 0.3) is 0 Å². The van der Waals surface area contributed by atoms with Crippen molar-refractivity contribution in [1.82, 2.24) is 0 Å². The van der Waals surface area contributed by atoms with Crippen LogP contribution in [-0.2, 0) is 6.42 Å². The first-order chi connectivity index (χ1) is 7.29. The maximum atomic E-state index is 2.48. The van der Waals surface area contributed by atoms with Crippen molar-refractivity contribution in [3.05, 3.63) is 35.9 Å². The minimum Gasteiger partial charge on any atom is -0.0622 e. The summed E-state index contributed by atoms with van der Waals surface area (Å²) in [5, 5.41) is 0. The molecule has 1 fully saturated rings. The first kappa shape index (κ1) is 10.7. The summed E-state index contributed by atoms with van der Waals surface area (Å²) in [5.41, 5.74) is 2.17. The first-order valence-electron chi connectivity index (χ1n) is 6.32. The summed E-state index contributed by atoms with van der Waals surface area (Å²) in [7, 11) is 0. The van der Waals surface area contributed by atoms with E-state index in [1.165, 1.54) is 50.5 Å². The molecule has 0 heterocycles. The SMILES string of the molecule is CC1(CCCc2ccccc2)CCCC1. The highest BCUT2D eigenvalue weighted by Gasteiger charge is 2.27.